The van der Waals surface area contributed by atoms with E-state index in [-0.39, 0.29) is 12.1 Å². The lowest BCUT2D eigenvalue weighted by molar-refractivity contribution is 0.0520. The van der Waals surface area contributed by atoms with Crippen LogP contribution in [0.4, 0.5) is 10.5 Å². The van der Waals surface area contributed by atoms with Gasteiger partial charge in [-0.3, -0.25) is 0 Å². The number of rotatable bonds is 6. The van der Waals surface area contributed by atoms with Gasteiger partial charge >= 0.3 is 12.0 Å². The van der Waals surface area contributed by atoms with Gasteiger partial charge in [0, 0.05) is 17.1 Å². The summed E-state index contributed by atoms with van der Waals surface area (Å²) in [5.41, 5.74) is 3.42. The van der Waals surface area contributed by atoms with E-state index in [4.69, 9.17) is 4.74 Å². The van der Waals surface area contributed by atoms with Crippen molar-refractivity contribution in [3.8, 4) is 0 Å². The van der Waals surface area contributed by atoms with Crippen molar-refractivity contribution in [1.29, 1.82) is 0 Å². The first kappa shape index (κ1) is 18.4. The Morgan fingerprint density at radius 2 is 2.08 bits per heavy atom. The molecule has 0 aliphatic heterocycles. The molecule has 6 nitrogen and oxygen atoms in total. The number of hydrogen-bond donors (Lipinski definition) is 1. The highest BCUT2D eigenvalue weighted by Gasteiger charge is 2.33. The maximum atomic E-state index is 12.7. The molecule has 2 aromatic rings. The number of aryl methyl sites for hydroxylation is 2. The molecule has 1 aromatic heterocycles. The van der Waals surface area contributed by atoms with Crippen LogP contribution in [0.15, 0.2) is 23.6 Å². The molecule has 0 saturated heterocycles. The van der Waals surface area contributed by atoms with Gasteiger partial charge in [0.1, 0.15) is 5.01 Å². The number of thiazole rings is 1. The maximum absolute atomic E-state index is 12.7. The van der Waals surface area contributed by atoms with Crippen LogP contribution in [0.1, 0.15) is 46.4 Å². The van der Waals surface area contributed by atoms with Crippen molar-refractivity contribution in [3.63, 3.8) is 0 Å². The minimum atomic E-state index is -0.424. The van der Waals surface area contributed by atoms with Gasteiger partial charge in [-0.15, -0.1) is 11.3 Å². The molecule has 1 aliphatic rings. The fourth-order valence-electron chi connectivity index (χ4n) is 2.60. The Morgan fingerprint density at radius 1 is 1.31 bits per heavy atom. The molecule has 138 valence electrons. The SMILES string of the molecule is CCOC(=O)c1csc(CN(C(=O)Nc2ccc(C)c(C)c2)C2CC2)n1. The maximum Gasteiger partial charge on any atom is 0.357 e. The lowest BCUT2D eigenvalue weighted by Gasteiger charge is -2.22. The van der Waals surface area contributed by atoms with Gasteiger partial charge in [0.15, 0.2) is 5.69 Å². The Labute approximate surface area is 157 Å². The van der Waals surface area contributed by atoms with Crippen LogP contribution in [0.25, 0.3) is 0 Å². The highest BCUT2D eigenvalue weighted by atomic mass is 32.1. The number of anilines is 1. The van der Waals surface area contributed by atoms with Crippen molar-refractivity contribution in [2.24, 2.45) is 0 Å². The molecule has 3 rings (SSSR count). The number of urea groups is 1. The third-order valence-electron chi connectivity index (χ3n) is 4.35. The van der Waals surface area contributed by atoms with Gasteiger partial charge in [-0.1, -0.05) is 6.07 Å². The normalized spacial score (nSPS) is 13.3. The van der Waals surface area contributed by atoms with E-state index in [1.165, 1.54) is 16.9 Å². The first-order chi connectivity index (χ1) is 12.5. The van der Waals surface area contributed by atoms with Gasteiger partial charge in [-0.25, -0.2) is 14.6 Å². The van der Waals surface area contributed by atoms with Crippen LogP contribution >= 0.6 is 11.3 Å². The molecular weight excluding hydrogens is 350 g/mol. The molecular formula is C19H23N3O3S. The largest absolute Gasteiger partial charge is 0.461 e. The van der Waals surface area contributed by atoms with Gasteiger partial charge in [0.05, 0.1) is 13.2 Å². The fourth-order valence-corrected chi connectivity index (χ4v) is 3.36. The van der Waals surface area contributed by atoms with E-state index in [2.05, 4.69) is 10.3 Å². The molecule has 1 saturated carbocycles. The quantitative estimate of drug-likeness (QED) is 0.773. The van der Waals surface area contributed by atoms with Crippen molar-refractivity contribution >= 4 is 29.0 Å². The summed E-state index contributed by atoms with van der Waals surface area (Å²) < 4.78 is 4.97. The summed E-state index contributed by atoms with van der Waals surface area (Å²) >= 11 is 1.37. The summed E-state index contributed by atoms with van der Waals surface area (Å²) in [6.07, 6.45) is 1.99. The second-order valence-electron chi connectivity index (χ2n) is 6.44. The molecule has 26 heavy (non-hydrogen) atoms. The van der Waals surface area contributed by atoms with E-state index < -0.39 is 5.97 Å². The van der Waals surface area contributed by atoms with Crippen LogP contribution in [0, 0.1) is 13.8 Å². The Morgan fingerprint density at radius 3 is 2.73 bits per heavy atom. The van der Waals surface area contributed by atoms with Crippen LogP contribution in [-0.4, -0.2) is 34.5 Å². The molecule has 7 heteroatoms. The fraction of sp³-hybridized carbons (Fsp3) is 0.421. The van der Waals surface area contributed by atoms with E-state index >= 15 is 0 Å². The minimum absolute atomic E-state index is 0.136. The summed E-state index contributed by atoms with van der Waals surface area (Å²) in [4.78, 5) is 30.6. The highest BCUT2D eigenvalue weighted by Crippen LogP contribution is 2.30. The van der Waals surface area contributed by atoms with Crippen LogP contribution in [0.3, 0.4) is 0 Å². The third kappa shape index (κ3) is 4.40. The smallest absolute Gasteiger partial charge is 0.357 e. The van der Waals surface area contributed by atoms with E-state index in [0.717, 1.165) is 29.1 Å². The lowest BCUT2D eigenvalue weighted by Crippen LogP contribution is -2.36. The standard InChI is InChI=1S/C19H23N3O3S/c1-4-25-18(23)16-11-26-17(21-16)10-22(15-7-8-15)19(24)20-14-6-5-12(2)13(3)9-14/h5-6,9,11,15H,4,7-8,10H2,1-3H3,(H,20,24). The molecule has 0 spiro atoms. The van der Waals surface area contributed by atoms with Gasteiger partial charge in [0.25, 0.3) is 0 Å². The zero-order chi connectivity index (χ0) is 18.7. The average Bonchev–Trinajstić information content (AvgIpc) is 3.33. The number of nitrogens with one attached hydrogen (secondary N) is 1. The van der Waals surface area contributed by atoms with E-state index in [0.29, 0.717) is 18.8 Å². The molecule has 0 unspecified atom stereocenters. The predicted molar refractivity (Wildman–Crippen MR) is 102 cm³/mol. The van der Waals surface area contributed by atoms with E-state index in [9.17, 15) is 9.59 Å². The molecule has 0 radical (unpaired) electrons. The molecule has 1 N–H and O–H groups in total. The van der Waals surface area contributed by atoms with Crippen molar-refractivity contribution in [2.75, 3.05) is 11.9 Å². The van der Waals surface area contributed by atoms with Crippen LogP contribution in [-0.2, 0) is 11.3 Å². The molecule has 1 aromatic carbocycles. The molecule has 0 bridgehead atoms. The monoisotopic (exact) mass is 373 g/mol. The van der Waals surface area contributed by atoms with Crippen LogP contribution in [0.5, 0.6) is 0 Å². The predicted octanol–water partition coefficient (Wildman–Crippen LogP) is 4.13. The van der Waals surface area contributed by atoms with Crippen LogP contribution in [0.2, 0.25) is 0 Å². The number of nitrogens with zero attached hydrogens (tertiary/aromatic N) is 2. The zero-order valence-electron chi connectivity index (χ0n) is 15.2. The summed E-state index contributed by atoms with van der Waals surface area (Å²) in [6, 6.07) is 5.98. The summed E-state index contributed by atoms with van der Waals surface area (Å²) in [5.74, 6) is -0.424. The zero-order valence-corrected chi connectivity index (χ0v) is 16.1. The number of carbonyl (C=O) groups excluding carboxylic acids is 2. The van der Waals surface area contributed by atoms with Crippen molar-refractivity contribution in [2.45, 2.75) is 46.2 Å². The van der Waals surface area contributed by atoms with Gasteiger partial charge in [-0.05, 0) is 56.9 Å². The molecule has 1 heterocycles. The Balaban J connectivity index is 1.68. The highest BCUT2D eigenvalue weighted by molar-refractivity contribution is 7.09. The van der Waals surface area contributed by atoms with Gasteiger partial charge < -0.3 is 15.0 Å². The number of benzene rings is 1. The topological polar surface area (TPSA) is 71.5 Å². The second kappa shape index (κ2) is 7.86. The first-order valence-electron chi connectivity index (χ1n) is 8.74. The minimum Gasteiger partial charge on any atom is -0.461 e. The molecule has 0 atom stereocenters. The van der Waals surface area contributed by atoms with E-state index in [1.54, 1.807) is 17.2 Å². The Hall–Kier alpha value is -2.41. The number of ether oxygens (including phenoxy) is 1. The summed E-state index contributed by atoms with van der Waals surface area (Å²) in [6.45, 7) is 6.54. The Kier molecular flexibility index (Phi) is 5.56. The second-order valence-corrected chi connectivity index (χ2v) is 7.38. The van der Waals surface area contributed by atoms with Crippen molar-refractivity contribution in [1.82, 2.24) is 9.88 Å². The number of hydrogen-bond acceptors (Lipinski definition) is 5. The molecule has 1 aliphatic carbocycles. The first-order valence-corrected chi connectivity index (χ1v) is 9.62. The number of amides is 2. The number of aromatic nitrogens is 1. The molecule has 1 fully saturated rings. The average molecular weight is 373 g/mol. The molecule has 2 amide bonds. The summed E-state index contributed by atoms with van der Waals surface area (Å²) in [5, 5.41) is 5.39. The number of esters is 1. The van der Waals surface area contributed by atoms with Crippen molar-refractivity contribution < 1.29 is 14.3 Å². The van der Waals surface area contributed by atoms with Gasteiger partial charge in [-0.2, -0.15) is 0 Å². The summed E-state index contributed by atoms with van der Waals surface area (Å²) in [7, 11) is 0. The van der Waals surface area contributed by atoms with Crippen LogP contribution < -0.4 is 5.32 Å². The third-order valence-corrected chi connectivity index (χ3v) is 5.18. The van der Waals surface area contributed by atoms with Gasteiger partial charge in [0.2, 0.25) is 0 Å². The van der Waals surface area contributed by atoms with Crippen molar-refractivity contribution in [3.05, 3.63) is 45.4 Å². The number of carbonyl (C=O) groups is 2. The Bertz CT molecular complexity index is 814. The van der Waals surface area contributed by atoms with E-state index in [1.807, 2.05) is 32.0 Å². The lowest BCUT2D eigenvalue weighted by atomic mass is 10.1.